The van der Waals surface area contributed by atoms with E-state index >= 15 is 0 Å². The van der Waals surface area contributed by atoms with Gasteiger partial charge in [0.25, 0.3) is 0 Å². The van der Waals surface area contributed by atoms with E-state index in [0.717, 1.165) is 115 Å². The molecule has 1 N–H and O–H groups in total. The number of hydrogen-bond acceptors (Lipinski definition) is 7. The first-order valence-electron chi connectivity index (χ1n) is 17.9. The summed E-state index contributed by atoms with van der Waals surface area (Å²) in [6.45, 7) is 7.05. The summed E-state index contributed by atoms with van der Waals surface area (Å²) in [5.74, 6) is 0.417. The lowest BCUT2D eigenvalue weighted by atomic mass is 9.57. The van der Waals surface area contributed by atoms with E-state index in [1.54, 1.807) is 24.3 Å². The van der Waals surface area contributed by atoms with Crippen molar-refractivity contribution in [2.24, 2.45) is 11.8 Å². The fourth-order valence-electron chi connectivity index (χ4n) is 9.42. The topological polar surface area (TPSA) is 82.2 Å². The molecule has 0 spiro atoms. The molecule has 1 unspecified atom stereocenters. The molecule has 3 saturated heterocycles. The fraction of sp³-hybridized carbons (Fsp3) is 0.649. The molecule has 3 heterocycles. The minimum atomic E-state index is -3.16. The van der Waals surface area contributed by atoms with Gasteiger partial charge in [0.05, 0.1) is 17.3 Å². The van der Waals surface area contributed by atoms with Crippen LogP contribution in [0.4, 0.5) is 14.9 Å². The van der Waals surface area contributed by atoms with E-state index in [1.807, 2.05) is 18.2 Å². The average Bonchev–Trinajstić information content (AvgIpc) is 3.85. The summed E-state index contributed by atoms with van der Waals surface area (Å²) >= 11 is 0. The molecule has 0 radical (unpaired) electrons. The number of carbonyl (C=O) groups excluding carboxylic acids is 1. The van der Waals surface area contributed by atoms with E-state index in [1.165, 1.54) is 13.5 Å². The number of carbonyl (C=O) groups is 1. The van der Waals surface area contributed by atoms with Crippen LogP contribution in [0.1, 0.15) is 69.8 Å². The lowest BCUT2D eigenvalue weighted by molar-refractivity contribution is 0.0151. The Labute approximate surface area is 279 Å². The van der Waals surface area contributed by atoms with Crippen molar-refractivity contribution in [3.05, 3.63) is 59.9 Å². The Morgan fingerprint density at radius 3 is 2.23 bits per heavy atom. The molecule has 256 valence electrons. The highest BCUT2D eigenvalue weighted by molar-refractivity contribution is 7.92. The first-order chi connectivity index (χ1) is 22.8. The maximum absolute atomic E-state index is 15.0. The number of anilines is 1. The number of nitrogens with zero attached hydrogens (tertiary/aromatic N) is 3. The Balaban J connectivity index is 1.05. The predicted molar refractivity (Wildman–Crippen MR) is 182 cm³/mol. The zero-order valence-corrected chi connectivity index (χ0v) is 28.6. The van der Waals surface area contributed by atoms with Crippen LogP contribution in [0, 0.1) is 17.7 Å². The number of nitrogens with one attached hydrogen (secondary N) is 1. The van der Waals surface area contributed by atoms with Crippen molar-refractivity contribution in [1.29, 1.82) is 0 Å². The van der Waals surface area contributed by atoms with E-state index in [2.05, 4.69) is 26.1 Å². The minimum absolute atomic E-state index is 0.0113. The number of methoxy groups -OCH3 is 1. The summed E-state index contributed by atoms with van der Waals surface area (Å²) < 4.78 is 45.3. The van der Waals surface area contributed by atoms with E-state index in [4.69, 9.17) is 4.74 Å². The highest BCUT2D eigenvalue weighted by Gasteiger charge is 2.53. The fourth-order valence-corrected chi connectivity index (χ4v) is 11.1. The second kappa shape index (κ2) is 13.7. The molecular weight excluding hydrogens is 615 g/mol. The van der Waals surface area contributed by atoms with Gasteiger partial charge >= 0.3 is 6.09 Å². The van der Waals surface area contributed by atoms with E-state index in [-0.39, 0.29) is 34.5 Å². The average molecular weight is 667 g/mol. The van der Waals surface area contributed by atoms with Gasteiger partial charge in [-0.2, -0.15) is 0 Å². The highest BCUT2D eigenvalue weighted by atomic mass is 32.2. The van der Waals surface area contributed by atoms with Gasteiger partial charge in [-0.15, -0.1) is 0 Å². The van der Waals surface area contributed by atoms with Crippen LogP contribution in [0.25, 0.3) is 0 Å². The largest absolute Gasteiger partial charge is 0.453 e. The second-order valence-electron chi connectivity index (χ2n) is 14.7. The first-order valence-corrected chi connectivity index (χ1v) is 19.5. The normalized spacial score (nSPS) is 26.5. The number of likely N-dealkylation sites (tertiary alicyclic amines) is 2. The van der Waals surface area contributed by atoms with E-state index in [9.17, 15) is 17.6 Å². The molecule has 3 aliphatic heterocycles. The van der Waals surface area contributed by atoms with Crippen LogP contribution < -0.4 is 10.2 Å². The van der Waals surface area contributed by atoms with Crippen molar-refractivity contribution in [3.8, 4) is 0 Å². The van der Waals surface area contributed by atoms with Crippen LogP contribution in [0.2, 0.25) is 0 Å². The molecule has 47 heavy (non-hydrogen) atoms. The quantitative estimate of drug-likeness (QED) is 0.353. The van der Waals surface area contributed by atoms with Gasteiger partial charge in [-0.1, -0.05) is 18.6 Å². The molecule has 1 amide bonds. The molecule has 0 bridgehead atoms. The smallest absolute Gasteiger partial charge is 0.407 e. The van der Waals surface area contributed by atoms with Crippen molar-refractivity contribution in [2.75, 3.05) is 57.8 Å². The zero-order valence-electron chi connectivity index (χ0n) is 27.8. The number of hydrogen-bond donors (Lipinski definition) is 1. The number of piperidine rings is 2. The summed E-state index contributed by atoms with van der Waals surface area (Å²) in [4.78, 5) is 20.6. The molecule has 2 aliphatic carbocycles. The highest BCUT2D eigenvalue weighted by Crippen LogP contribution is 2.51. The van der Waals surface area contributed by atoms with Gasteiger partial charge in [0.2, 0.25) is 0 Å². The molecule has 8 nitrogen and oxygen atoms in total. The predicted octanol–water partition coefficient (Wildman–Crippen LogP) is 5.61. The monoisotopic (exact) mass is 666 g/mol. The van der Waals surface area contributed by atoms with Crippen LogP contribution in [0.3, 0.4) is 0 Å². The molecule has 0 aromatic heterocycles. The SMILES string of the molecule is COC(=O)N[C@H]1CCC[C@@H]1C(CN1CCC1)(c1cccc(F)c1)C1CCN(C2CCN(c3ccc(S(=O)(=O)C4CC4)cc3)CC2)CC1. The molecule has 5 aliphatic rings. The zero-order chi connectivity index (χ0) is 32.6. The molecule has 7 rings (SSSR count). The van der Waals surface area contributed by atoms with Crippen LogP contribution in [0.5, 0.6) is 0 Å². The number of sulfone groups is 1. The van der Waals surface area contributed by atoms with Gasteiger partial charge in [0.15, 0.2) is 9.84 Å². The maximum Gasteiger partial charge on any atom is 0.407 e. The number of amides is 1. The van der Waals surface area contributed by atoms with Crippen LogP contribution >= 0.6 is 0 Å². The lowest BCUT2D eigenvalue weighted by Gasteiger charge is -2.54. The van der Waals surface area contributed by atoms with Crippen LogP contribution in [-0.2, 0) is 20.0 Å². The number of benzene rings is 2. The minimum Gasteiger partial charge on any atom is -0.453 e. The molecule has 2 aromatic carbocycles. The molecule has 2 aromatic rings. The van der Waals surface area contributed by atoms with E-state index in [0.29, 0.717) is 16.9 Å². The number of ether oxygens (including phenoxy) is 1. The molecular formula is C37H51FN4O4S. The summed E-state index contributed by atoms with van der Waals surface area (Å²) in [5, 5.41) is 3.01. The molecule has 3 atom stereocenters. The first kappa shape index (κ1) is 32.8. The third-order valence-corrected chi connectivity index (χ3v) is 14.5. The van der Waals surface area contributed by atoms with Crippen molar-refractivity contribution in [2.45, 2.75) is 91.9 Å². The molecule has 10 heteroatoms. The lowest BCUT2D eigenvalue weighted by Crippen LogP contribution is -2.60. The van der Waals surface area contributed by atoms with Gasteiger partial charge in [-0.3, -0.25) is 0 Å². The van der Waals surface area contributed by atoms with E-state index < -0.39 is 9.84 Å². The van der Waals surface area contributed by atoms with Crippen molar-refractivity contribution >= 4 is 21.6 Å². The van der Waals surface area contributed by atoms with Crippen molar-refractivity contribution in [1.82, 2.24) is 15.1 Å². The second-order valence-corrected chi connectivity index (χ2v) is 17.0. The number of alkyl carbamates (subject to hydrolysis) is 1. The number of halogens is 1. The van der Waals surface area contributed by atoms with Gasteiger partial charge in [-0.05, 0) is 138 Å². The third-order valence-electron chi connectivity index (χ3n) is 12.2. The van der Waals surface area contributed by atoms with Crippen molar-refractivity contribution < 1.29 is 22.3 Å². The Morgan fingerprint density at radius 2 is 1.62 bits per heavy atom. The summed E-state index contributed by atoms with van der Waals surface area (Å²) in [5.41, 5.74) is 1.95. The van der Waals surface area contributed by atoms with Crippen LogP contribution in [0.15, 0.2) is 53.4 Å². The van der Waals surface area contributed by atoms with Gasteiger partial charge in [0.1, 0.15) is 5.82 Å². The Morgan fingerprint density at radius 1 is 0.894 bits per heavy atom. The summed E-state index contributed by atoms with van der Waals surface area (Å²) in [6.07, 6.45) is 9.68. The van der Waals surface area contributed by atoms with Gasteiger partial charge in [0, 0.05) is 42.8 Å². The Kier molecular flexibility index (Phi) is 9.55. The maximum atomic E-state index is 15.0. The Bertz CT molecular complexity index is 1500. The summed E-state index contributed by atoms with van der Waals surface area (Å²) in [7, 11) is -1.73. The summed E-state index contributed by atoms with van der Waals surface area (Å²) in [6, 6.07) is 15.4. The van der Waals surface area contributed by atoms with Gasteiger partial charge in [-0.25, -0.2) is 17.6 Å². The molecule has 2 saturated carbocycles. The molecule has 5 fully saturated rings. The third kappa shape index (κ3) is 6.66. The van der Waals surface area contributed by atoms with Gasteiger partial charge < -0.3 is 24.8 Å². The Hall–Kier alpha value is -2.69. The van der Waals surface area contributed by atoms with Crippen LogP contribution in [-0.4, -0.2) is 94.6 Å². The standard InChI is InChI=1S/C37H51FN4O4S/c1-46-36(43)39-35-8-3-7-34(35)37(26-40-19-4-20-40,28-5-2-6-29(38)25-28)27-15-21-41(22-16-27)31-17-23-42(24-18-31)30-9-11-32(12-10-30)47(44,45)33-13-14-33/h2,5-6,9-12,25,27,31,33-35H,3-4,7-8,13-24,26H2,1H3,(H,39,43)/t34-,35-,37?/m0/s1. The van der Waals surface area contributed by atoms with Crippen molar-refractivity contribution in [3.63, 3.8) is 0 Å². The number of rotatable bonds is 10.